The van der Waals surface area contributed by atoms with E-state index in [1.807, 2.05) is 18.3 Å². The Bertz CT molecular complexity index is 588. The Labute approximate surface area is 131 Å². The molecule has 1 atom stereocenters. The number of fused-ring (bicyclic) bond motifs is 1. The maximum absolute atomic E-state index is 10.2. The minimum Gasteiger partial charge on any atom is -0.390 e. The fourth-order valence-corrected chi connectivity index (χ4v) is 2.96. The Morgan fingerprint density at radius 2 is 2.05 bits per heavy atom. The first-order valence-corrected chi connectivity index (χ1v) is 7.88. The summed E-state index contributed by atoms with van der Waals surface area (Å²) in [6.07, 6.45) is 4.35. The second-order valence-electron chi connectivity index (χ2n) is 5.90. The summed E-state index contributed by atoms with van der Waals surface area (Å²) in [5.41, 5.74) is 3.98. The third kappa shape index (κ3) is 4.13. The van der Waals surface area contributed by atoms with Crippen molar-refractivity contribution in [3.8, 4) is 0 Å². The summed E-state index contributed by atoms with van der Waals surface area (Å²) in [4.78, 5) is 6.42. The van der Waals surface area contributed by atoms with E-state index in [0.29, 0.717) is 13.1 Å². The van der Waals surface area contributed by atoms with Gasteiger partial charge in [0.15, 0.2) is 0 Å². The average Bonchev–Trinajstić information content (AvgIpc) is 2.56. The molecule has 1 aromatic heterocycles. The first-order chi connectivity index (χ1) is 10.8. The quantitative estimate of drug-likeness (QED) is 0.850. The lowest BCUT2D eigenvalue weighted by atomic mass is 10.00. The second-order valence-corrected chi connectivity index (χ2v) is 5.90. The van der Waals surface area contributed by atoms with Crippen molar-refractivity contribution in [2.45, 2.75) is 25.6 Å². The predicted molar refractivity (Wildman–Crippen MR) is 87.4 cm³/mol. The number of benzene rings is 1. The highest BCUT2D eigenvalue weighted by molar-refractivity contribution is 5.29. The smallest absolute Gasteiger partial charge is 0.0791 e. The molecule has 0 saturated carbocycles. The van der Waals surface area contributed by atoms with Gasteiger partial charge in [0.2, 0.25) is 0 Å². The van der Waals surface area contributed by atoms with Gasteiger partial charge in [-0.15, -0.1) is 0 Å². The Morgan fingerprint density at radius 3 is 2.86 bits per heavy atom. The first-order valence-electron chi connectivity index (χ1n) is 7.88. The lowest BCUT2D eigenvalue weighted by molar-refractivity contribution is 0.104. The van der Waals surface area contributed by atoms with E-state index in [1.54, 1.807) is 6.20 Å². The highest BCUT2D eigenvalue weighted by atomic mass is 16.3. The molecular weight excluding hydrogens is 274 g/mol. The monoisotopic (exact) mass is 297 g/mol. The zero-order valence-electron chi connectivity index (χ0n) is 12.8. The van der Waals surface area contributed by atoms with Crippen molar-refractivity contribution >= 4 is 0 Å². The molecule has 116 valence electrons. The van der Waals surface area contributed by atoms with Crippen LogP contribution in [0.3, 0.4) is 0 Å². The number of aromatic nitrogens is 1. The van der Waals surface area contributed by atoms with Gasteiger partial charge in [0.1, 0.15) is 0 Å². The Kier molecular flexibility index (Phi) is 5.16. The predicted octanol–water partition coefficient (Wildman–Crippen LogP) is 1.59. The van der Waals surface area contributed by atoms with Crippen molar-refractivity contribution in [3.05, 3.63) is 65.5 Å². The van der Waals surface area contributed by atoms with Gasteiger partial charge in [-0.2, -0.15) is 0 Å². The van der Waals surface area contributed by atoms with Crippen LogP contribution in [0.25, 0.3) is 0 Å². The summed E-state index contributed by atoms with van der Waals surface area (Å²) >= 11 is 0. The SMILES string of the molecule is OC(CNCc1cccnc1)CN1CCc2ccccc2C1. The third-order valence-corrected chi connectivity index (χ3v) is 4.11. The second kappa shape index (κ2) is 7.49. The van der Waals surface area contributed by atoms with Crippen molar-refractivity contribution in [1.82, 2.24) is 15.2 Å². The molecule has 2 heterocycles. The highest BCUT2D eigenvalue weighted by Crippen LogP contribution is 2.18. The van der Waals surface area contributed by atoms with Crippen LogP contribution in [0, 0.1) is 0 Å². The van der Waals surface area contributed by atoms with Crippen LogP contribution in [0.4, 0.5) is 0 Å². The van der Waals surface area contributed by atoms with Crippen LogP contribution in [0.1, 0.15) is 16.7 Å². The van der Waals surface area contributed by atoms with Gasteiger partial charge in [-0.3, -0.25) is 9.88 Å². The van der Waals surface area contributed by atoms with E-state index in [9.17, 15) is 5.11 Å². The van der Waals surface area contributed by atoms with Gasteiger partial charge in [-0.1, -0.05) is 30.3 Å². The van der Waals surface area contributed by atoms with Crippen molar-refractivity contribution < 1.29 is 5.11 Å². The van der Waals surface area contributed by atoms with Crippen LogP contribution in [0.5, 0.6) is 0 Å². The molecule has 0 fully saturated rings. The molecule has 0 aliphatic carbocycles. The first kappa shape index (κ1) is 15.2. The third-order valence-electron chi connectivity index (χ3n) is 4.11. The van der Waals surface area contributed by atoms with Crippen LogP contribution in [-0.2, 0) is 19.5 Å². The molecule has 1 unspecified atom stereocenters. The van der Waals surface area contributed by atoms with E-state index >= 15 is 0 Å². The van der Waals surface area contributed by atoms with E-state index in [0.717, 1.165) is 31.6 Å². The molecule has 1 aliphatic rings. The topological polar surface area (TPSA) is 48.4 Å². The molecule has 0 radical (unpaired) electrons. The minimum absolute atomic E-state index is 0.345. The van der Waals surface area contributed by atoms with Gasteiger partial charge in [0, 0.05) is 45.1 Å². The number of aliphatic hydroxyl groups is 1. The van der Waals surface area contributed by atoms with Crippen LogP contribution in [-0.4, -0.2) is 40.7 Å². The molecule has 4 heteroatoms. The zero-order chi connectivity index (χ0) is 15.2. The van der Waals surface area contributed by atoms with Gasteiger partial charge in [0.05, 0.1) is 6.10 Å². The fraction of sp³-hybridized carbons (Fsp3) is 0.389. The normalized spacial score (nSPS) is 16.2. The van der Waals surface area contributed by atoms with E-state index < -0.39 is 0 Å². The van der Waals surface area contributed by atoms with Crippen LogP contribution < -0.4 is 5.32 Å². The molecule has 2 N–H and O–H groups in total. The summed E-state index contributed by atoms with van der Waals surface area (Å²) in [5, 5.41) is 13.5. The van der Waals surface area contributed by atoms with E-state index in [1.165, 1.54) is 11.1 Å². The number of rotatable bonds is 6. The highest BCUT2D eigenvalue weighted by Gasteiger charge is 2.18. The van der Waals surface area contributed by atoms with Crippen molar-refractivity contribution in [2.75, 3.05) is 19.6 Å². The summed E-state index contributed by atoms with van der Waals surface area (Å²) in [7, 11) is 0. The van der Waals surface area contributed by atoms with Gasteiger partial charge in [-0.05, 0) is 29.2 Å². The average molecular weight is 297 g/mol. The summed E-state index contributed by atoms with van der Waals surface area (Å²) in [6, 6.07) is 12.6. The molecule has 0 bridgehead atoms. The summed E-state index contributed by atoms with van der Waals surface area (Å²) < 4.78 is 0. The molecule has 22 heavy (non-hydrogen) atoms. The largest absolute Gasteiger partial charge is 0.390 e. The number of hydrogen-bond acceptors (Lipinski definition) is 4. The Hall–Kier alpha value is -1.75. The summed E-state index contributed by atoms with van der Waals surface area (Å²) in [5.74, 6) is 0. The lowest BCUT2D eigenvalue weighted by Crippen LogP contribution is -2.40. The molecule has 0 spiro atoms. The number of pyridine rings is 1. The summed E-state index contributed by atoms with van der Waals surface area (Å²) in [6.45, 7) is 4.03. The molecular formula is C18H23N3O. The van der Waals surface area contributed by atoms with Gasteiger partial charge in [0.25, 0.3) is 0 Å². The van der Waals surface area contributed by atoms with Crippen LogP contribution in [0.2, 0.25) is 0 Å². The van der Waals surface area contributed by atoms with Crippen molar-refractivity contribution in [2.24, 2.45) is 0 Å². The number of aliphatic hydroxyl groups excluding tert-OH is 1. The lowest BCUT2D eigenvalue weighted by Gasteiger charge is -2.30. The van der Waals surface area contributed by atoms with Crippen LogP contribution in [0.15, 0.2) is 48.8 Å². The van der Waals surface area contributed by atoms with Gasteiger partial charge >= 0.3 is 0 Å². The molecule has 1 aliphatic heterocycles. The van der Waals surface area contributed by atoms with Crippen molar-refractivity contribution in [1.29, 1.82) is 0 Å². The van der Waals surface area contributed by atoms with E-state index in [-0.39, 0.29) is 6.10 Å². The number of β-amino-alcohol motifs (C(OH)–C–C–N with tert-alkyl or cyclic N) is 1. The molecule has 0 saturated heterocycles. The maximum Gasteiger partial charge on any atom is 0.0791 e. The van der Waals surface area contributed by atoms with E-state index in [2.05, 4.69) is 39.5 Å². The van der Waals surface area contributed by atoms with Crippen molar-refractivity contribution in [3.63, 3.8) is 0 Å². The molecule has 4 nitrogen and oxygen atoms in total. The molecule has 0 amide bonds. The molecule has 1 aromatic carbocycles. The maximum atomic E-state index is 10.2. The Balaban J connectivity index is 1.42. The van der Waals surface area contributed by atoms with Gasteiger partial charge in [-0.25, -0.2) is 0 Å². The minimum atomic E-state index is -0.345. The van der Waals surface area contributed by atoms with E-state index in [4.69, 9.17) is 0 Å². The Morgan fingerprint density at radius 1 is 1.18 bits per heavy atom. The van der Waals surface area contributed by atoms with Gasteiger partial charge < -0.3 is 10.4 Å². The van der Waals surface area contributed by atoms with Crippen LogP contribution >= 0.6 is 0 Å². The fourth-order valence-electron chi connectivity index (χ4n) is 2.96. The zero-order valence-corrected chi connectivity index (χ0v) is 12.8. The molecule has 3 rings (SSSR count). The number of hydrogen-bond donors (Lipinski definition) is 2. The number of nitrogens with zero attached hydrogens (tertiary/aromatic N) is 2. The standard InChI is InChI=1S/C18H23N3O/c22-18(12-20-11-15-4-3-8-19-10-15)14-21-9-7-16-5-1-2-6-17(16)13-21/h1-6,8,10,18,20,22H,7,9,11-14H2. The number of nitrogens with one attached hydrogen (secondary N) is 1. The molecule has 2 aromatic rings.